The monoisotopic (exact) mass is 240 g/mol. The number of hydrogen-bond donors (Lipinski definition) is 1. The van der Waals surface area contributed by atoms with Crippen LogP contribution in [0.1, 0.15) is 30.3 Å². The summed E-state index contributed by atoms with van der Waals surface area (Å²) >= 11 is 0. The molecule has 0 aliphatic carbocycles. The number of nitrogens with zero attached hydrogens (tertiary/aromatic N) is 2. The van der Waals surface area contributed by atoms with Crippen molar-refractivity contribution in [2.24, 2.45) is 13.0 Å². The molecule has 0 aromatic carbocycles. The van der Waals surface area contributed by atoms with E-state index in [0.29, 0.717) is 13.0 Å². The minimum absolute atomic E-state index is 0.244. The fourth-order valence-electron chi connectivity index (χ4n) is 2.02. The molecular weight excluding hydrogens is 216 g/mol. The second-order valence-corrected chi connectivity index (χ2v) is 4.80. The van der Waals surface area contributed by atoms with Gasteiger partial charge in [-0.05, 0) is 31.7 Å². The molecule has 0 spiro atoms. The van der Waals surface area contributed by atoms with Gasteiger partial charge in [0.25, 0.3) is 0 Å². The summed E-state index contributed by atoms with van der Waals surface area (Å²) in [5.74, 6) is 0.244. The van der Waals surface area contributed by atoms with Gasteiger partial charge in [0.05, 0.1) is 11.8 Å². The van der Waals surface area contributed by atoms with Crippen molar-refractivity contribution in [3.8, 4) is 0 Å². The zero-order chi connectivity index (χ0) is 13.0. The van der Waals surface area contributed by atoms with E-state index in [4.69, 9.17) is 4.74 Å². The van der Waals surface area contributed by atoms with Gasteiger partial charge in [-0.1, -0.05) is 6.92 Å². The van der Waals surface area contributed by atoms with E-state index in [2.05, 4.69) is 12.0 Å². The maximum Gasteiger partial charge on any atom is 0.0629 e. The molecule has 0 bridgehead atoms. The third kappa shape index (κ3) is 3.54. The van der Waals surface area contributed by atoms with E-state index in [1.807, 2.05) is 25.6 Å². The van der Waals surface area contributed by atoms with Gasteiger partial charge in [0.15, 0.2) is 0 Å². The molecule has 0 aliphatic rings. The number of aliphatic hydroxyl groups is 1. The lowest BCUT2D eigenvalue weighted by atomic mass is 9.94. The van der Waals surface area contributed by atoms with Gasteiger partial charge in [0.1, 0.15) is 0 Å². The van der Waals surface area contributed by atoms with Gasteiger partial charge in [0.2, 0.25) is 0 Å². The number of aryl methyl sites for hydroxylation is 2. The number of hydrogen-bond acceptors (Lipinski definition) is 3. The Morgan fingerprint density at radius 2 is 2.06 bits per heavy atom. The highest BCUT2D eigenvalue weighted by Crippen LogP contribution is 2.18. The standard InChI is InChI=1S/C13H24N2O2/c1-9(6-7-17-5)13(16)8-12-10(2)14-15(4)11(12)3/h9,13,16H,6-8H2,1-5H3. The van der Waals surface area contributed by atoms with Crippen LogP contribution in [0.15, 0.2) is 0 Å². The Hall–Kier alpha value is -0.870. The van der Waals surface area contributed by atoms with E-state index in [0.717, 1.165) is 17.8 Å². The van der Waals surface area contributed by atoms with E-state index in [-0.39, 0.29) is 12.0 Å². The van der Waals surface area contributed by atoms with Gasteiger partial charge in [-0.2, -0.15) is 5.10 Å². The molecule has 1 aromatic heterocycles. The van der Waals surface area contributed by atoms with Crippen LogP contribution in [0.3, 0.4) is 0 Å². The highest BCUT2D eigenvalue weighted by atomic mass is 16.5. The lowest BCUT2D eigenvalue weighted by Gasteiger charge is -2.18. The highest BCUT2D eigenvalue weighted by Gasteiger charge is 2.18. The minimum atomic E-state index is -0.327. The Labute approximate surface area is 104 Å². The maximum absolute atomic E-state index is 10.2. The predicted octanol–water partition coefficient (Wildman–Crippen LogP) is 1.61. The van der Waals surface area contributed by atoms with Crippen molar-refractivity contribution in [1.29, 1.82) is 0 Å². The Morgan fingerprint density at radius 3 is 2.53 bits per heavy atom. The molecule has 4 heteroatoms. The third-order valence-corrected chi connectivity index (χ3v) is 3.51. The molecule has 1 N–H and O–H groups in total. The Morgan fingerprint density at radius 1 is 1.41 bits per heavy atom. The molecule has 0 saturated carbocycles. The van der Waals surface area contributed by atoms with Crippen molar-refractivity contribution in [2.75, 3.05) is 13.7 Å². The van der Waals surface area contributed by atoms with Gasteiger partial charge in [-0.15, -0.1) is 0 Å². The first-order valence-corrected chi connectivity index (χ1v) is 6.13. The first-order chi connectivity index (χ1) is 7.97. The Balaban J connectivity index is 2.64. The minimum Gasteiger partial charge on any atom is -0.393 e. The van der Waals surface area contributed by atoms with Crippen LogP contribution < -0.4 is 0 Å². The summed E-state index contributed by atoms with van der Waals surface area (Å²) < 4.78 is 6.91. The molecule has 98 valence electrons. The number of methoxy groups -OCH3 is 1. The Bertz CT molecular complexity index is 361. The van der Waals surface area contributed by atoms with Crippen LogP contribution in [0, 0.1) is 19.8 Å². The average molecular weight is 240 g/mol. The molecule has 0 radical (unpaired) electrons. The maximum atomic E-state index is 10.2. The van der Waals surface area contributed by atoms with Crippen LogP contribution in [0.5, 0.6) is 0 Å². The van der Waals surface area contributed by atoms with E-state index >= 15 is 0 Å². The summed E-state index contributed by atoms with van der Waals surface area (Å²) in [6.45, 7) is 6.80. The summed E-state index contributed by atoms with van der Waals surface area (Å²) in [6.07, 6.45) is 1.23. The molecule has 0 aliphatic heterocycles. The SMILES string of the molecule is COCCC(C)C(O)Cc1c(C)nn(C)c1C. The van der Waals surface area contributed by atoms with Crippen LogP contribution in [0.2, 0.25) is 0 Å². The summed E-state index contributed by atoms with van der Waals surface area (Å²) in [7, 11) is 3.63. The van der Waals surface area contributed by atoms with Gasteiger partial charge in [-0.3, -0.25) is 4.68 Å². The van der Waals surface area contributed by atoms with Crippen molar-refractivity contribution in [3.05, 3.63) is 17.0 Å². The molecule has 0 saturated heterocycles. The van der Waals surface area contributed by atoms with E-state index < -0.39 is 0 Å². The molecule has 1 heterocycles. The number of aromatic nitrogens is 2. The van der Waals surface area contributed by atoms with E-state index in [1.165, 1.54) is 5.56 Å². The largest absolute Gasteiger partial charge is 0.393 e. The predicted molar refractivity (Wildman–Crippen MR) is 68.0 cm³/mol. The molecular formula is C13H24N2O2. The zero-order valence-corrected chi connectivity index (χ0v) is 11.5. The van der Waals surface area contributed by atoms with Gasteiger partial charge in [0, 0.05) is 32.9 Å². The smallest absolute Gasteiger partial charge is 0.0629 e. The number of aliphatic hydroxyl groups excluding tert-OH is 1. The van der Waals surface area contributed by atoms with Crippen LogP contribution in [0.25, 0.3) is 0 Å². The normalized spacial score (nSPS) is 14.9. The van der Waals surface area contributed by atoms with Crippen LogP contribution in [-0.4, -0.2) is 34.7 Å². The fraction of sp³-hybridized carbons (Fsp3) is 0.769. The number of ether oxygens (including phenoxy) is 1. The summed E-state index contributed by atoms with van der Waals surface area (Å²) in [4.78, 5) is 0. The van der Waals surface area contributed by atoms with E-state index in [9.17, 15) is 5.11 Å². The van der Waals surface area contributed by atoms with Crippen LogP contribution in [-0.2, 0) is 18.2 Å². The van der Waals surface area contributed by atoms with Crippen LogP contribution >= 0.6 is 0 Å². The average Bonchev–Trinajstić information content (AvgIpc) is 2.52. The quantitative estimate of drug-likeness (QED) is 0.822. The molecule has 2 atom stereocenters. The molecule has 0 fully saturated rings. The summed E-state index contributed by atoms with van der Waals surface area (Å²) in [5.41, 5.74) is 3.33. The second kappa shape index (κ2) is 6.17. The molecule has 1 aromatic rings. The molecule has 0 amide bonds. The number of rotatable bonds is 6. The van der Waals surface area contributed by atoms with Crippen molar-refractivity contribution in [2.45, 2.75) is 39.7 Å². The molecule has 2 unspecified atom stereocenters. The van der Waals surface area contributed by atoms with Gasteiger partial charge < -0.3 is 9.84 Å². The lowest BCUT2D eigenvalue weighted by Crippen LogP contribution is -2.22. The van der Waals surface area contributed by atoms with E-state index in [1.54, 1.807) is 7.11 Å². The zero-order valence-electron chi connectivity index (χ0n) is 11.5. The van der Waals surface area contributed by atoms with Crippen molar-refractivity contribution in [3.63, 3.8) is 0 Å². The summed E-state index contributed by atoms with van der Waals surface area (Å²) in [6, 6.07) is 0. The highest BCUT2D eigenvalue weighted by molar-refractivity contribution is 5.25. The first kappa shape index (κ1) is 14.2. The van der Waals surface area contributed by atoms with Crippen molar-refractivity contribution in [1.82, 2.24) is 9.78 Å². The third-order valence-electron chi connectivity index (χ3n) is 3.51. The molecule has 1 rings (SSSR count). The second-order valence-electron chi connectivity index (χ2n) is 4.80. The van der Waals surface area contributed by atoms with Gasteiger partial charge >= 0.3 is 0 Å². The fourth-order valence-corrected chi connectivity index (χ4v) is 2.02. The molecule has 17 heavy (non-hydrogen) atoms. The first-order valence-electron chi connectivity index (χ1n) is 6.13. The van der Waals surface area contributed by atoms with Crippen molar-refractivity contribution >= 4 is 0 Å². The van der Waals surface area contributed by atoms with Crippen molar-refractivity contribution < 1.29 is 9.84 Å². The van der Waals surface area contributed by atoms with Gasteiger partial charge in [-0.25, -0.2) is 0 Å². The lowest BCUT2D eigenvalue weighted by molar-refractivity contribution is 0.0885. The Kier molecular flexibility index (Phi) is 5.15. The van der Waals surface area contributed by atoms with Crippen LogP contribution in [0.4, 0.5) is 0 Å². The topological polar surface area (TPSA) is 47.3 Å². The molecule has 4 nitrogen and oxygen atoms in total. The summed E-state index contributed by atoms with van der Waals surface area (Å²) in [5, 5.41) is 14.5.